The molecule has 1 aromatic carbocycles. The quantitative estimate of drug-likeness (QED) is 0.780. The smallest absolute Gasteiger partial charge is 0.164 e. The lowest BCUT2D eigenvalue weighted by Crippen LogP contribution is -2.09. The van der Waals surface area contributed by atoms with E-state index in [2.05, 4.69) is 30.7 Å². The Morgan fingerprint density at radius 1 is 1.37 bits per heavy atom. The predicted molar refractivity (Wildman–Crippen MR) is 79.7 cm³/mol. The Morgan fingerprint density at radius 3 is 2.84 bits per heavy atom. The molecule has 0 saturated heterocycles. The van der Waals surface area contributed by atoms with Gasteiger partial charge in [-0.2, -0.15) is 0 Å². The molecule has 4 nitrogen and oxygen atoms in total. The van der Waals surface area contributed by atoms with Gasteiger partial charge in [-0.3, -0.25) is 0 Å². The van der Waals surface area contributed by atoms with Crippen LogP contribution >= 0.6 is 27.5 Å². The number of rotatable bonds is 5. The van der Waals surface area contributed by atoms with Crippen molar-refractivity contribution in [2.75, 3.05) is 13.7 Å². The third-order valence-corrected chi connectivity index (χ3v) is 3.89. The molecule has 0 spiro atoms. The highest BCUT2D eigenvalue weighted by atomic mass is 79.9. The topological polar surface area (TPSA) is 39.9 Å². The van der Waals surface area contributed by atoms with Gasteiger partial charge in [0.25, 0.3) is 0 Å². The molecule has 0 unspecified atom stereocenters. The summed E-state index contributed by atoms with van der Waals surface area (Å²) in [6.45, 7) is 3.32. The van der Waals surface area contributed by atoms with Crippen molar-refractivity contribution in [3.05, 3.63) is 34.6 Å². The van der Waals surface area contributed by atoms with Gasteiger partial charge in [0.1, 0.15) is 5.82 Å². The van der Waals surface area contributed by atoms with Gasteiger partial charge < -0.3 is 9.30 Å². The Hall–Kier alpha value is -0.910. The third-order valence-electron chi connectivity index (χ3n) is 2.97. The van der Waals surface area contributed by atoms with Crippen LogP contribution in [0.1, 0.15) is 11.4 Å². The molecule has 0 atom stereocenters. The van der Waals surface area contributed by atoms with Crippen LogP contribution in [0.4, 0.5) is 0 Å². The highest BCUT2D eigenvalue weighted by molar-refractivity contribution is 9.08. The highest BCUT2D eigenvalue weighted by Gasteiger charge is 2.15. The Morgan fingerprint density at radius 2 is 2.16 bits per heavy atom. The Labute approximate surface area is 125 Å². The predicted octanol–water partition coefficient (Wildman–Crippen LogP) is 3.45. The van der Waals surface area contributed by atoms with Crippen molar-refractivity contribution in [3.8, 4) is 11.4 Å². The summed E-state index contributed by atoms with van der Waals surface area (Å²) in [5.41, 5.74) is 2.01. The molecule has 1 heterocycles. The standard InChI is InChI=1S/C13H15BrClN3O/c1-9-10(4-3-5-11(9)15)13-17-16-12(8-14)18(13)6-7-19-2/h3-5H,6-8H2,1-2H3. The van der Waals surface area contributed by atoms with Crippen molar-refractivity contribution >= 4 is 27.5 Å². The zero-order valence-corrected chi connectivity index (χ0v) is 13.2. The normalized spacial score (nSPS) is 10.9. The van der Waals surface area contributed by atoms with Gasteiger partial charge >= 0.3 is 0 Å². The minimum atomic E-state index is 0.616. The number of halogens is 2. The van der Waals surface area contributed by atoms with Gasteiger partial charge in [0.2, 0.25) is 0 Å². The highest BCUT2D eigenvalue weighted by Crippen LogP contribution is 2.27. The van der Waals surface area contributed by atoms with Gasteiger partial charge in [-0.15, -0.1) is 10.2 Å². The van der Waals surface area contributed by atoms with Gasteiger partial charge in [-0.1, -0.05) is 39.7 Å². The molecule has 0 radical (unpaired) electrons. The van der Waals surface area contributed by atoms with E-state index in [4.69, 9.17) is 16.3 Å². The molecule has 0 aliphatic heterocycles. The summed E-state index contributed by atoms with van der Waals surface area (Å²) in [4.78, 5) is 0. The summed E-state index contributed by atoms with van der Waals surface area (Å²) in [5, 5.41) is 9.87. The molecule has 0 bridgehead atoms. The van der Waals surface area contributed by atoms with Crippen LogP contribution in [0.5, 0.6) is 0 Å². The first-order chi connectivity index (χ1) is 9.19. The largest absolute Gasteiger partial charge is 0.383 e. The molecule has 0 N–H and O–H groups in total. The van der Waals surface area contributed by atoms with Gasteiger partial charge in [0.05, 0.1) is 11.9 Å². The third kappa shape index (κ3) is 2.99. The summed E-state index contributed by atoms with van der Waals surface area (Å²) in [6.07, 6.45) is 0. The second-order valence-electron chi connectivity index (χ2n) is 4.13. The van der Waals surface area contributed by atoms with E-state index in [0.717, 1.165) is 27.8 Å². The van der Waals surface area contributed by atoms with E-state index in [1.165, 1.54) is 0 Å². The molecule has 0 aliphatic carbocycles. The van der Waals surface area contributed by atoms with Gasteiger partial charge in [-0.25, -0.2) is 0 Å². The number of ether oxygens (including phenoxy) is 1. The first-order valence-electron chi connectivity index (χ1n) is 5.91. The average molecular weight is 345 g/mol. The van der Waals surface area contributed by atoms with Crippen LogP contribution < -0.4 is 0 Å². The molecule has 0 fully saturated rings. The first kappa shape index (κ1) is 14.5. The lowest BCUT2D eigenvalue weighted by atomic mass is 10.1. The minimum absolute atomic E-state index is 0.616. The number of hydrogen-bond donors (Lipinski definition) is 0. The van der Waals surface area contributed by atoms with Crippen LogP contribution in [0.15, 0.2) is 18.2 Å². The monoisotopic (exact) mass is 343 g/mol. The lowest BCUT2D eigenvalue weighted by molar-refractivity contribution is 0.187. The lowest BCUT2D eigenvalue weighted by Gasteiger charge is -2.11. The van der Waals surface area contributed by atoms with E-state index in [-0.39, 0.29) is 0 Å². The Bertz CT molecular complexity index is 571. The summed E-state index contributed by atoms with van der Waals surface area (Å²) in [7, 11) is 1.68. The van der Waals surface area contributed by atoms with Gasteiger partial charge in [0.15, 0.2) is 5.82 Å². The fourth-order valence-electron chi connectivity index (χ4n) is 1.90. The number of aromatic nitrogens is 3. The van der Waals surface area contributed by atoms with E-state index in [1.807, 2.05) is 25.1 Å². The Balaban J connectivity index is 2.49. The van der Waals surface area contributed by atoms with E-state index in [1.54, 1.807) is 7.11 Å². The number of benzene rings is 1. The van der Waals surface area contributed by atoms with Crippen molar-refractivity contribution in [1.29, 1.82) is 0 Å². The maximum Gasteiger partial charge on any atom is 0.164 e. The number of alkyl halides is 1. The SMILES string of the molecule is COCCn1c(CBr)nnc1-c1cccc(Cl)c1C. The molecule has 1 aromatic heterocycles. The second kappa shape index (κ2) is 6.50. The maximum absolute atomic E-state index is 6.17. The zero-order chi connectivity index (χ0) is 13.8. The van der Waals surface area contributed by atoms with E-state index < -0.39 is 0 Å². The molecule has 2 rings (SSSR count). The summed E-state index contributed by atoms with van der Waals surface area (Å²) in [6, 6.07) is 5.81. The second-order valence-corrected chi connectivity index (χ2v) is 5.10. The molecule has 0 amide bonds. The molecular formula is C13H15BrClN3O. The van der Waals surface area contributed by atoms with E-state index in [9.17, 15) is 0 Å². The molecule has 19 heavy (non-hydrogen) atoms. The van der Waals surface area contributed by atoms with Gasteiger partial charge in [0, 0.05) is 24.2 Å². The number of methoxy groups -OCH3 is 1. The van der Waals surface area contributed by atoms with Crippen LogP contribution in [-0.4, -0.2) is 28.5 Å². The van der Waals surface area contributed by atoms with Crippen LogP contribution in [0.25, 0.3) is 11.4 Å². The average Bonchev–Trinajstić information content (AvgIpc) is 2.82. The fraction of sp³-hybridized carbons (Fsp3) is 0.385. The van der Waals surface area contributed by atoms with Crippen molar-refractivity contribution in [2.24, 2.45) is 0 Å². The molecule has 102 valence electrons. The van der Waals surface area contributed by atoms with E-state index >= 15 is 0 Å². The van der Waals surface area contributed by atoms with Crippen molar-refractivity contribution in [1.82, 2.24) is 14.8 Å². The first-order valence-corrected chi connectivity index (χ1v) is 7.41. The maximum atomic E-state index is 6.17. The number of hydrogen-bond acceptors (Lipinski definition) is 3. The van der Waals surface area contributed by atoms with Crippen molar-refractivity contribution in [2.45, 2.75) is 18.8 Å². The number of nitrogens with zero attached hydrogens (tertiary/aromatic N) is 3. The van der Waals surface area contributed by atoms with E-state index in [0.29, 0.717) is 18.5 Å². The molecule has 2 aromatic rings. The molecule has 0 saturated carbocycles. The summed E-state index contributed by atoms with van der Waals surface area (Å²) < 4.78 is 7.19. The molecule has 0 aliphatic rings. The minimum Gasteiger partial charge on any atom is -0.383 e. The Kier molecular flexibility index (Phi) is 4.96. The fourth-order valence-corrected chi connectivity index (χ4v) is 2.49. The summed E-state index contributed by atoms with van der Waals surface area (Å²) in [5.74, 6) is 1.71. The van der Waals surface area contributed by atoms with Crippen LogP contribution in [0.2, 0.25) is 5.02 Å². The van der Waals surface area contributed by atoms with Crippen LogP contribution in [0.3, 0.4) is 0 Å². The zero-order valence-electron chi connectivity index (χ0n) is 10.9. The molecule has 6 heteroatoms. The summed E-state index contributed by atoms with van der Waals surface area (Å²) >= 11 is 9.60. The van der Waals surface area contributed by atoms with Crippen molar-refractivity contribution < 1.29 is 4.74 Å². The van der Waals surface area contributed by atoms with Crippen molar-refractivity contribution in [3.63, 3.8) is 0 Å². The molecular weight excluding hydrogens is 330 g/mol. The van der Waals surface area contributed by atoms with Gasteiger partial charge in [-0.05, 0) is 18.6 Å². The van der Waals surface area contributed by atoms with Crippen LogP contribution in [0, 0.1) is 6.92 Å². The van der Waals surface area contributed by atoms with Crippen LogP contribution in [-0.2, 0) is 16.6 Å².